The van der Waals surface area contributed by atoms with Crippen LogP contribution in [0.4, 0.5) is 4.79 Å². The van der Waals surface area contributed by atoms with Gasteiger partial charge in [-0.05, 0) is 56.1 Å². The Hall–Kier alpha value is -2.23. The van der Waals surface area contributed by atoms with Crippen LogP contribution in [0.1, 0.15) is 56.9 Å². The van der Waals surface area contributed by atoms with E-state index >= 15 is 0 Å². The van der Waals surface area contributed by atoms with Gasteiger partial charge in [0, 0.05) is 13.1 Å². The zero-order valence-corrected chi connectivity index (χ0v) is 16.1. The SMILES string of the molecule is O=C(O)OC1=C(CCCCc2ccccc2)N(CC2CCCCC2)CC=C1. The van der Waals surface area contributed by atoms with Gasteiger partial charge in [-0.3, -0.25) is 0 Å². The van der Waals surface area contributed by atoms with Gasteiger partial charge in [0.25, 0.3) is 0 Å². The van der Waals surface area contributed by atoms with Gasteiger partial charge in [0.1, 0.15) is 0 Å². The number of carboxylic acid groups (broad SMARTS) is 1. The standard InChI is InChI=1S/C23H31NO3/c25-23(26)27-22-16-9-17-24(18-20-13-5-2-6-14-20)21(22)15-8-7-12-19-10-3-1-4-11-19/h1,3-4,9-11,16,20H,2,5-8,12-15,17-18H2,(H,25,26). The molecule has 1 fully saturated rings. The fourth-order valence-corrected chi connectivity index (χ4v) is 4.25. The van der Waals surface area contributed by atoms with Crippen molar-refractivity contribution < 1.29 is 14.6 Å². The molecule has 1 aliphatic carbocycles. The third-order valence-corrected chi connectivity index (χ3v) is 5.63. The van der Waals surface area contributed by atoms with E-state index in [0.29, 0.717) is 5.76 Å². The van der Waals surface area contributed by atoms with Crippen molar-refractivity contribution in [1.82, 2.24) is 4.90 Å². The van der Waals surface area contributed by atoms with Crippen LogP contribution in [0.15, 0.2) is 53.9 Å². The van der Waals surface area contributed by atoms with E-state index in [2.05, 4.69) is 29.2 Å². The van der Waals surface area contributed by atoms with Crippen LogP contribution >= 0.6 is 0 Å². The number of allylic oxidation sites excluding steroid dienone is 2. The maximum atomic E-state index is 11.1. The lowest BCUT2D eigenvalue weighted by molar-refractivity contribution is 0.116. The number of benzene rings is 1. The summed E-state index contributed by atoms with van der Waals surface area (Å²) in [4.78, 5) is 13.5. The molecule has 0 unspecified atom stereocenters. The molecule has 0 radical (unpaired) electrons. The smallest absolute Gasteiger partial charge is 0.449 e. The summed E-state index contributed by atoms with van der Waals surface area (Å²) < 4.78 is 5.11. The highest BCUT2D eigenvalue weighted by atomic mass is 16.7. The lowest BCUT2D eigenvalue weighted by Crippen LogP contribution is -2.33. The van der Waals surface area contributed by atoms with Gasteiger partial charge < -0.3 is 14.7 Å². The summed E-state index contributed by atoms with van der Waals surface area (Å²) in [6, 6.07) is 10.5. The Bertz CT molecular complexity index is 659. The number of ether oxygens (including phenoxy) is 1. The first-order valence-electron chi connectivity index (χ1n) is 10.3. The minimum atomic E-state index is -1.23. The van der Waals surface area contributed by atoms with Crippen LogP contribution in [-0.4, -0.2) is 29.3 Å². The minimum Gasteiger partial charge on any atom is -0.449 e. The molecule has 4 heteroatoms. The van der Waals surface area contributed by atoms with Crippen molar-refractivity contribution in [2.24, 2.45) is 5.92 Å². The molecule has 0 amide bonds. The molecule has 1 aromatic carbocycles. The molecule has 1 aliphatic heterocycles. The van der Waals surface area contributed by atoms with Gasteiger partial charge in [-0.1, -0.05) is 55.7 Å². The van der Waals surface area contributed by atoms with Crippen molar-refractivity contribution in [3.63, 3.8) is 0 Å². The molecule has 1 N–H and O–H groups in total. The minimum absolute atomic E-state index is 0.518. The Labute approximate surface area is 162 Å². The monoisotopic (exact) mass is 369 g/mol. The molecule has 2 aliphatic rings. The van der Waals surface area contributed by atoms with Gasteiger partial charge in [-0.25, -0.2) is 4.79 Å². The predicted octanol–water partition coefficient (Wildman–Crippen LogP) is 5.76. The summed E-state index contributed by atoms with van der Waals surface area (Å²) in [5.74, 6) is 1.24. The Morgan fingerprint density at radius 1 is 1.07 bits per heavy atom. The van der Waals surface area contributed by atoms with E-state index < -0.39 is 6.16 Å². The van der Waals surface area contributed by atoms with Gasteiger partial charge >= 0.3 is 6.16 Å². The van der Waals surface area contributed by atoms with Gasteiger partial charge in [0.2, 0.25) is 0 Å². The fourth-order valence-electron chi connectivity index (χ4n) is 4.25. The van der Waals surface area contributed by atoms with Crippen molar-refractivity contribution in [1.29, 1.82) is 0 Å². The number of rotatable bonds is 8. The molecule has 0 atom stereocenters. The molecular formula is C23H31NO3. The second kappa shape index (κ2) is 10.2. The van der Waals surface area contributed by atoms with Crippen LogP contribution in [0.5, 0.6) is 0 Å². The number of carbonyl (C=O) groups is 1. The van der Waals surface area contributed by atoms with Gasteiger partial charge in [0.15, 0.2) is 5.76 Å². The zero-order valence-electron chi connectivity index (χ0n) is 16.1. The molecule has 0 bridgehead atoms. The largest absolute Gasteiger partial charge is 0.511 e. The van der Waals surface area contributed by atoms with Gasteiger partial charge in [-0.2, -0.15) is 0 Å². The van der Waals surface area contributed by atoms with E-state index in [9.17, 15) is 4.79 Å². The molecule has 0 spiro atoms. The Balaban J connectivity index is 1.61. The third-order valence-electron chi connectivity index (χ3n) is 5.63. The van der Waals surface area contributed by atoms with Crippen molar-refractivity contribution in [3.8, 4) is 0 Å². The second-order valence-corrected chi connectivity index (χ2v) is 7.68. The lowest BCUT2D eigenvalue weighted by Gasteiger charge is -2.34. The van der Waals surface area contributed by atoms with E-state index in [1.54, 1.807) is 0 Å². The third kappa shape index (κ3) is 6.16. The number of aryl methyl sites for hydroxylation is 1. The molecule has 3 rings (SSSR count). The molecule has 1 aromatic rings. The molecule has 146 valence electrons. The van der Waals surface area contributed by atoms with Gasteiger partial charge in [-0.15, -0.1) is 0 Å². The summed E-state index contributed by atoms with van der Waals surface area (Å²) in [6.45, 7) is 1.88. The lowest BCUT2D eigenvalue weighted by atomic mass is 9.88. The molecule has 1 heterocycles. The molecule has 27 heavy (non-hydrogen) atoms. The maximum Gasteiger partial charge on any atom is 0.511 e. The topological polar surface area (TPSA) is 49.8 Å². The summed E-state index contributed by atoms with van der Waals surface area (Å²) >= 11 is 0. The number of hydrogen-bond donors (Lipinski definition) is 1. The summed E-state index contributed by atoms with van der Waals surface area (Å²) in [5, 5.41) is 9.10. The average molecular weight is 370 g/mol. The van der Waals surface area contributed by atoms with Crippen LogP contribution in [0.25, 0.3) is 0 Å². The quantitative estimate of drug-likeness (QED) is 0.468. The van der Waals surface area contributed by atoms with E-state index in [4.69, 9.17) is 9.84 Å². The second-order valence-electron chi connectivity index (χ2n) is 7.68. The summed E-state index contributed by atoms with van der Waals surface area (Å²) in [6.07, 6.45) is 13.3. The molecule has 0 saturated heterocycles. The Morgan fingerprint density at radius 2 is 1.81 bits per heavy atom. The summed E-state index contributed by atoms with van der Waals surface area (Å²) in [5.41, 5.74) is 2.43. The van der Waals surface area contributed by atoms with Crippen LogP contribution in [0, 0.1) is 5.92 Å². The number of nitrogens with zero attached hydrogens (tertiary/aromatic N) is 1. The first kappa shape index (κ1) is 19.5. The first-order chi connectivity index (χ1) is 13.2. The fraction of sp³-hybridized carbons (Fsp3) is 0.522. The molecular weight excluding hydrogens is 338 g/mol. The highest BCUT2D eigenvalue weighted by Crippen LogP contribution is 2.29. The Morgan fingerprint density at radius 3 is 2.56 bits per heavy atom. The van der Waals surface area contributed by atoms with E-state index in [1.165, 1.54) is 37.7 Å². The predicted molar refractivity (Wildman–Crippen MR) is 107 cm³/mol. The van der Waals surface area contributed by atoms with Gasteiger partial charge in [0.05, 0.1) is 5.70 Å². The highest BCUT2D eigenvalue weighted by molar-refractivity contribution is 5.59. The van der Waals surface area contributed by atoms with Crippen molar-refractivity contribution in [2.45, 2.75) is 57.8 Å². The molecule has 0 aromatic heterocycles. The van der Waals surface area contributed by atoms with E-state index in [1.807, 2.05) is 18.2 Å². The maximum absolute atomic E-state index is 11.1. The van der Waals surface area contributed by atoms with E-state index in [0.717, 1.165) is 50.4 Å². The van der Waals surface area contributed by atoms with Crippen molar-refractivity contribution in [3.05, 3.63) is 59.5 Å². The molecule has 4 nitrogen and oxygen atoms in total. The van der Waals surface area contributed by atoms with Crippen LogP contribution < -0.4 is 0 Å². The molecule has 1 saturated carbocycles. The summed E-state index contributed by atoms with van der Waals surface area (Å²) in [7, 11) is 0. The van der Waals surface area contributed by atoms with Crippen LogP contribution in [0.2, 0.25) is 0 Å². The zero-order chi connectivity index (χ0) is 18.9. The Kier molecular flexibility index (Phi) is 7.37. The van der Waals surface area contributed by atoms with Crippen LogP contribution in [0.3, 0.4) is 0 Å². The number of hydrogen-bond acceptors (Lipinski definition) is 3. The van der Waals surface area contributed by atoms with Crippen molar-refractivity contribution >= 4 is 6.16 Å². The highest BCUT2D eigenvalue weighted by Gasteiger charge is 2.23. The normalized spacial score (nSPS) is 18.0. The van der Waals surface area contributed by atoms with E-state index in [-0.39, 0.29) is 0 Å². The first-order valence-corrected chi connectivity index (χ1v) is 10.3. The average Bonchev–Trinajstić information content (AvgIpc) is 2.68. The van der Waals surface area contributed by atoms with Crippen LogP contribution in [-0.2, 0) is 11.2 Å². The van der Waals surface area contributed by atoms with Crippen molar-refractivity contribution in [2.75, 3.05) is 13.1 Å². The number of unbranched alkanes of at least 4 members (excludes halogenated alkanes) is 1.